The fourth-order valence-electron chi connectivity index (χ4n) is 3.46. The summed E-state index contributed by atoms with van der Waals surface area (Å²) in [5, 5.41) is 15.5. The molecule has 20 heavy (non-hydrogen) atoms. The normalized spacial score (nSPS) is 27.2. The van der Waals surface area contributed by atoms with Crippen LogP contribution in [0.5, 0.6) is 0 Å². The summed E-state index contributed by atoms with van der Waals surface area (Å²) in [4.78, 5) is 0. The summed E-state index contributed by atoms with van der Waals surface area (Å²) in [5.74, 6) is 1.53. The van der Waals surface area contributed by atoms with Crippen molar-refractivity contribution in [2.45, 2.75) is 78.4 Å². The molecule has 1 aromatic heterocycles. The number of aliphatic hydroxyl groups is 1. The summed E-state index contributed by atoms with van der Waals surface area (Å²) < 4.78 is 2.06. The predicted molar refractivity (Wildman–Crippen MR) is 82.7 cm³/mol. The average molecular weight is 278 g/mol. The van der Waals surface area contributed by atoms with Gasteiger partial charge in [0.15, 0.2) is 0 Å². The van der Waals surface area contributed by atoms with Crippen molar-refractivity contribution < 1.29 is 5.11 Å². The fraction of sp³-hybridized carbons (Fsp3) is 0.824. The van der Waals surface area contributed by atoms with Crippen LogP contribution in [0, 0.1) is 11.8 Å². The van der Waals surface area contributed by atoms with E-state index in [9.17, 15) is 5.11 Å². The van der Waals surface area contributed by atoms with Crippen LogP contribution in [0.15, 0.2) is 6.07 Å². The lowest BCUT2D eigenvalue weighted by Crippen LogP contribution is -2.37. The molecule has 1 heterocycles. The first-order valence-corrected chi connectivity index (χ1v) is 8.25. The molecule has 0 bridgehead atoms. The van der Waals surface area contributed by atoms with Gasteiger partial charge in [0.05, 0.1) is 11.3 Å². The second-order valence-electron chi connectivity index (χ2n) is 6.78. The molecule has 114 valence electrons. The van der Waals surface area contributed by atoms with Crippen LogP contribution in [0.3, 0.4) is 0 Å². The fourth-order valence-corrected chi connectivity index (χ4v) is 3.46. The first-order valence-electron chi connectivity index (χ1n) is 8.25. The van der Waals surface area contributed by atoms with Gasteiger partial charge in [0.2, 0.25) is 0 Å². The van der Waals surface area contributed by atoms with E-state index in [1.165, 1.54) is 5.69 Å². The highest BCUT2D eigenvalue weighted by Gasteiger charge is 2.35. The molecule has 0 aromatic carbocycles. The van der Waals surface area contributed by atoms with Gasteiger partial charge in [-0.05, 0) is 56.9 Å². The van der Waals surface area contributed by atoms with Crippen molar-refractivity contribution >= 4 is 0 Å². The molecule has 3 heteroatoms. The van der Waals surface area contributed by atoms with Gasteiger partial charge in [0.25, 0.3) is 0 Å². The van der Waals surface area contributed by atoms with E-state index in [2.05, 4.69) is 43.5 Å². The van der Waals surface area contributed by atoms with E-state index in [4.69, 9.17) is 0 Å². The summed E-state index contributed by atoms with van der Waals surface area (Å²) in [6.07, 6.45) is 5.93. The van der Waals surface area contributed by atoms with Crippen molar-refractivity contribution in [3.8, 4) is 0 Å². The highest BCUT2D eigenvalue weighted by molar-refractivity contribution is 5.13. The third-order valence-electron chi connectivity index (χ3n) is 4.99. The van der Waals surface area contributed by atoms with E-state index in [-0.39, 0.29) is 0 Å². The third-order valence-corrected chi connectivity index (χ3v) is 4.99. The molecule has 0 aliphatic heterocycles. The Kier molecular flexibility index (Phi) is 4.90. The second-order valence-corrected chi connectivity index (χ2v) is 6.78. The van der Waals surface area contributed by atoms with Gasteiger partial charge >= 0.3 is 0 Å². The van der Waals surface area contributed by atoms with E-state index in [0.29, 0.717) is 0 Å². The van der Waals surface area contributed by atoms with E-state index in [1.54, 1.807) is 0 Å². The molecule has 3 nitrogen and oxygen atoms in total. The third kappa shape index (κ3) is 3.43. The SMILES string of the molecule is CCc1cc(CC2(O)CCC(C(C)C)CC2)n(CC)n1. The van der Waals surface area contributed by atoms with Gasteiger partial charge in [0, 0.05) is 18.7 Å². The van der Waals surface area contributed by atoms with E-state index < -0.39 is 5.60 Å². The summed E-state index contributed by atoms with van der Waals surface area (Å²) in [6, 6.07) is 2.18. The maximum absolute atomic E-state index is 10.9. The minimum Gasteiger partial charge on any atom is -0.389 e. The van der Waals surface area contributed by atoms with Crippen LogP contribution < -0.4 is 0 Å². The van der Waals surface area contributed by atoms with E-state index in [1.807, 2.05) is 0 Å². The molecule has 1 aliphatic carbocycles. The summed E-state index contributed by atoms with van der Waals surface area (Å²) >= 11 is 0. The molecule has 0 spiro atoms. The zero-order valence-electron chi connectivity index (χ0n) is 13.5. The number of rotatable bonds is 5. The van der Waals surface area contributed by atoms with E-state index >= 15 is 0 Å². The Labute approximate surface area is 123 Å². The van der Waals surface area contributed by atoms with Gasteiger partial charge in [-0.1, -0.05) is 20.8 Å². The largest absolute Gasteiger partial charge is 0.389 e. The molecule has 0 unspecified atom stereocenters. The van der Waals surface area contributed by atoms with Crippen LogP contribution in [0.4, 0.5) is 0 Å². The highest BCUT2D eigenvalue weighted by Crippen LogP contribution is 2.37. The molecule has 1 N–H and O–H groups in total. The minimum absolute atomic E-state index is 0.511. The highest BCUT2D eigenvalue weighted by atomic mass is 16.3. The monoisotopic (exact) mass is 278 g/mol. The zero-order valence-corrected chi connectivity index (χ0v) is 13.5. The van der Waals surface area contributed by atoms with Crippen molar-refractivity contribution in [3.63, 3.8) is 0 Å². The van der Waals surface area contributed by atoms with E-state index in [0.717, 1.165) is 62.6 Å². The van der Waals surface area contributed by atoms with Crippen molar-refractivity contribution in [2.24, 2.45) is 11.8 Å². The average Bonchev–Trinajstić information content (AvgIpc) is 2.80. The Hall–Kier alpha value is -0.830. The molecule has 1 fully saturated rings. The van der Waals surface area contributed by atoms with Crippen molar-refractivity contribution in [2.75, 3.05) is 0 Å². The number of hydrogen-bond donors (Lipinski definition) is 1. The molecule has 0 saturated heterocycles. The number of aryl methyl sites for hydroxylation is 2. The zero-order chi connectivity index (χ0) is 14.8. The first kappa shape index (κ1) is 15.6. The Bertz CT molecular complexity index is 428. The molecule has 1 aromatic rings. The molecule has 0 radical (unpaired) electrons. The van der Waals surface area contributed by atoms with Gasteiger partial charge in [-0.15, -0.1) is 0 Å². The summed E-state index contributed by atoms with van der Waals surface area (Å²) in [6.45, 7) is 9.74. The maximum atomic E-state index is 10.9. The van der Waals surface area contributed by atoms with Gasteiger partial charge in [-0.2, -0.15) is 5.10 Å². The van der Waals surface area contributed by atoms with Crippen molar-refractivity contribution in [1.82, 2.24) is 9.78 Å². The Morgan fingerprint density at radius 3 is 2.50 bits per heavy atom. The van der Waals surface area contributed by atoms with Gasteiger partial charge in [-0.3, -0.25) is 4.68 Å². The molecular formula is C17H30N2O. The predicted octanol–water partition coefficient (Wildman–Crippen LogP) is 3.59. The summed E-state index contributed by atoms with van der Waals surface area (Å²) in [5.41, 5.74) is 1.83. The topological polar surface area (TPSA) is 38.0 Å². The Morgan fingerprint density at radius 2 is 2.00 bits per heavy atom. The Balaban J connectivity index is 2.04. The molecular weight excluding hydrogens is 248 g/mol. The summed E-state index contributed by atoms with van der Waals surface area (Å²) in [7, 11) is 0. The van der Waals surface area contributed by atoms with Crippen molar-refractivity contribution in [1.29, 1.82) is 0 Å². The van der Waals surface area contributed by atoms with Gasteiger partial charge in [0.1, 0.15) is 0 Å². The van der Waals surface area contributed by atoms with Crippen molar-refractivity contribution in [3.05, 3.63) is 17.5 Å². The lowest BCUT2D eigenvalue weighted by atomic mass is 9.73. The number of aromatic nitrogens is 2. The van der Waals surface area contributed by atoms with Crippen LogP contribution in [0.25, 0.3) is 0 Å². The van der Waals surface area contributed by atoms with Crippen LogP contribution in [-0.2, 0) is 19.4 Å². The molecule has 0 amide bonds. The maximum Gasteiger partial charge on any atom is 0.0703 e. The number of nitrogens with zero attached hydrogens (tertiary/aromatic N) is 2. The smallest absolute Gasteiger partial charge is 0.0703 e. The lowest BCUT2D eigenvalue weighted by Gasteiger charge is -2.37. The molecule has 1 aliphatic rings. The minimum atomic E-state index is -0.511. The number of hydrogen-bond acceptors (Lipinski definition) is 2. The lowest BCUT2D eigenvalue weighted by molar-refractivity contribution is -0.0161. The van der Waals surface area contributed by atoms with Crippen LogP contribution in [0.1, 0.15) is 64.8 Å². The second kappa shape index (κ2) is 6.30. The van der Waals surface area contributed by atoms with Gasteiger partial charge < -0.3 is 5.11 Å². The van der Waals surface area contributed by atoms with Crippen LogP contribution in [-0.4, -0.2) is 20.5 Å². The van der Waals surface area contributed by atoms with Crippen LogP contribution in [0.2, 0.25) is 0 Å². The Morgan fingerprint density at radius 1 is 1.35 bits per heavy atom. The van der Waals surface area contributed by atoms with Crippen LogP contribution >= 0.6 is 0 Å². The quantitative estimate of drug-likeness (QED) is 0.894. The molecule has 1 saturated carbocycles. The molecule has 2 rings (SSSR count). The first-order chi connectivity index (χ1) is 9.47. The standard InChI is InChI=1S/C17H30N2O/c1-5-15-11-16(19(6-2)18-15)12-17(20)9-7-14(8-10-17)13(3)4/h11,13-14,20H,5-10,12H2,1-4H3. The molecule has 0 atom stereocenters. The van der Waals surface area contributed by atoms with Gasteiger partial charge in [-0.25, -0.2) is 0 Å².